The predicted molar refractivity (Wildman–Crippen MR) is 84.6 cm³/mol. The summed E-state index contributed by atoms with van der Waals surface area (Å²) in [7, 11) is 1.43. The van der Waals surface area contributed by atoms with E-state index in [1.165, 1.54) is 12.7 Å². The van der Waals surface area contributed by atoms with Crippen LogP contribution >= 0.6 is 0 Å². The van der Waals surface area contributed by atoms with Crippen LogP contribution in [0.25, 0.3) is 0 Å². The lowest BCUT2D eigenvalue weighted by Gasteiger charge is -2.28. The highest BCUT2D eigenvalue weighted by atomic mass is 16.5. The maximum Gasteiger partial charge on any atom is 0.325 e. The summed E-state index contributed by atoms with van der Waals surface area (Å²) >= 11 is 0. The summed E-state index contributed by atoms with van der Waals surface area (Å²) in [5, 5.41) is 3.27. The molecule has 0 fully saturated rings. The quantitative estimate of drug-likeness (QED) is 0.561. The number of hydrogen-bond donors (Lipinski definition) is 1. The van der Waals surface area contributed by atoms with E-state index in [-0.39, 0.29) is 5.97 Å². The van der Waals surface area contributed by atoms with E-state index in [0.717, 1.165) is 25.1 Å². The van der Waals surface area contributed by atoms with Crippen molar-refractivity contribution in [2.45, 2.75) is 45.6 Å². The molecule has 1 aromatic carbocycles. The van der Waals surface area contributed by atoms with Gasteiger partial charge < -0.3 is 14.8 Å². The van der Waals surface area contributed by atoms with E-state index in [2.05, 4.69) is 12.2 Å². The van der Waals surface area contributed by atoms with Gasteiger partial charge in [-0.15, -0.1) is 0 Å². The summed E-state index contributed by atoms with van der Waals surface area (Å²) in [6.45, 7) is 7.39. The molecular weight excluding hydrogens is 266 g/mol. The van der Waals surface area contributed by atoms with Crippen LogP contribution in [0.15, 0.2) is 24.3 Å². The number of esters is 1. The average molecular weight is 293 g/mol. The zero-order valence-corrected chi connectivity index (χ0v) is 13.6. The molecule has 0 aliphatic rings. The number of nitrogens with one attached hydrogen (secondary N) is 1. The second kappa shape index (κ2) is 8.67. The zero-order valence-electron chi connectivity index (χ0n) is 13.6. The molecule has 0 bridgehead atoms. The molecule has 1 atom stereocenters. The van der Waals surface area contributed by atoms with Gasteiger partial charge in [-0.25, -0.2) is 0 Å². The summed E-state index contributed by atoms with van der Waals surface area (Å²) in [5.74, 6) is 0.646. The van der Waals surface area contributed by atoms with Crippen LogP contribution in [0.1, 0.15) is 38.7 Å². The summed E-state index contributed by atoms with van der Waals surface area (Å²) in [6, 6.07) is 7.97. The van der Waals surface area contributed by atoms with E-state index >= 15 is 0 Å². The summed E-state index contributed by atoms with van der Waals surface area (Å²) in [5.41, 5.74) is 0.575. The molecule has 0 aliphatic carbocycles. The van der Waals surface area contributed by atoms with Crippen molar-refractivity contribution >= 4 is 5.97 Å². The molecule has 0 radical (unpaired) electrons. The van der Waals surface area contributed by atoms with Crippen LogP contribution in [0, 0.1) is 6.92 Å². The topological polar surface area (TPSA) is 47.6 Å². The standard InChI is InChI=1S/C17H27NO3/c1-5-12-18-17(3,16(19)20-4)11-6-13-21-15-9-7-14(2)8-10-15/h7-10,18H,5-6,11-13H2,1-4H3. The minimum absolute atomic E-state index is 0.216. The fourth-order valence-corrected chi connectivity index (χ4v) is 2.14. The fraction of sp³-hybridized carbons (Fsp3) is 0.588. The number of carbonyl (C=O) groups excluding carboxylic acids is 1. The lowest BCUT2D eigenvalue weighted by atomic mass is 9.96. The Balaban J connectivity index is 2.42. The molecule has 118 valence electrons. The second-order valence-corrected chi connectivity index (χ2v) is 5.52. The first-order chi connectivity index (χ1) is 10.0. The van der Waals surface area contributed by atoms with E-state index in [9.17, 15) is 4.79 Å². The van der Waals surface area contributed by atoms with E-state index in [4.69, 9.17) is 9.47 Å². The van der Waals surface area contributed by atoms with Crippen molar-refractivity contribution in [3.8, 4) is 5.75 Å². The molecule has 0 amide bonds. The average Bonchev–Trinajstić information content (AvgIpc) is 2.50. The Bertz CT molecular complexity index is 430. The highest BCUT2D eigenvalue weighted by molar-refractivity contribution is 5.80. The number of methoxy groups -OCH3 is 1. The van der Waals surface area contributed by atoms with Gasteiger partial charge >= 0.3 is 5.97 Å². The number of hydrogen-bond acceptors (Lipinski definition) is 4. The SMILES string of the molecule is CCCNC(C)(CCCOc1ccc(C)cc1)C(=O)OC. The lowest BCUT2D eigenvalue weighted by molar-refractivity contribution is -0.148. The number of rotatable bonds is 9. The highest BCUT2D eigenvalue weighted by Gasteiger charge is 2.32. The monoisotopic (exact) mass is 293 g/mol. The fourth-order valence-electron chi connectivity index (χ4n) is 2.14. The van der Waals surface area contributed by atoms with Gasteiger partial charge in [0.15, 0.2) is 0 Å². The van der Waals surface area contributed by atoms with Crippen molar-refractivity contribution in [3.63, 3.8) is 0 Å². The first-order valence-corrected chi connectivity index (χ1v) is 7.54. The van der Waals surface area contributed by atoms with Gasteiger partial charge in [0.05, 0.1) is 13.7 Å². The number of benzene rings is 1. The van der Waals surface area contributed by atoms with Gasteiger partial charge in [-0.05, 0) is 51.8 Å². The molecule has 1 rings (SSSR count). The van der Waals surface area contributed by atoms with Gasteiger partial charge in [-0.2, -0.15) is 0 Å². The Kier molecular flexibility index (Phi) is 7.23. The van der Waals surface area contributed by atoms with Crippen LogP contribution < -0.4 is 10.1 Å². The Morgan fingerprint density at radius 2 is 1.95 bits per heavy atom. The molecule has 0 saturated heterocycles. The smallest absolute Gasteiger partial charge is 0.325 e. The van der Waals surface area contributed by atoms with Crippen LogP contribution in [0.4, 0.5) is 0 Å². The molecular formula is C17H27NO3. The number of ether oxygens (including phenoxy) is 2. The molecule has 21 heavy (non-hydrogen) atoms. The maximum atomic E-state index is 11.9. The minimum atomic E-state index is -0.638. The van der Waals surface area contributed by atoms with Crippen molar-refractivity contribution in [2.75, 3.05) is 20.3 Å². The number of carbonyl (C=O) groups is 1. The van der Waals surface area contributed by atoms with Gasteiger partial charge in [-0.3, -0.25) is 4.79 Å². The maximum absolute atomic E-state index is 11.9. The molecule has 4 heteroatoms. The van der Waals surface area contributed by atoms with Crippen LogP contribution in [0.5, 0.6) is 5.75 Å². The molecule has 0 saturated carbocycles. The normalized spacial score (nSPS) is 13.5. The van der Waals surface area contributed by atoms with E-state index < -0.39 is 5.54 Å². The first-order valence-electron chi connectivity index (χ1n) is 7.54. The van der Waals surface area contributed by atoms with Gasteiger partial charge in [-0.1, -0.05) is 24.6 Å². The Morgan fingerprint density at radius 3 is 2.52 bits per heavy atom. The lowest BCUT2D eigenvalue weighted by Crippen LogP contribution is -2.50. The molecule has 0 aliphatic heterocycles. The van der Waals surface area contributed by atoms with Gasteiger partial charge in [0.2, 0.25) is 0 Å². The van der Waals surface area contributed by atoms with Gasteiger partial charge in [0, 0.05) is 0 Å². The first kappa shape index (κ1) is 17.5. The third-order valence-electron chi connectivity index (χ3n) is 3.51. The van der Waals surface area contributed by atoms with Crippen molar-refractivity contribution in [3.05, 3.63) is 29.8 Å². The van der Waals surface area contributed by atoms with Crippen molar-refractivity contribution < 1.29 is 14.3 Å². The van der Waals surface area contributed by atoms with Crippen LogP contribution in [0.3, 0.4) is 0 Å². The molecule has 1 unspecified atom stereocenters. The molecule has 4 nitrogen and oxygen atoms in total. The van der Waals surface area contributed by atoms with Crippen LogP contribution in [0.2, 0.25) is 0 Å². The van der Waals surface area contributed by atoms with Crippen molar-refractivity contribution in [2.24, 2.45) is 0 Å². The molecule has 1 N–H and O–H groups in total. The molecule has 0 aromatic heterocycles. The third kappa shape index (κ3) is 5.76. The third-order valence-corrected chi connectivity index (χ3v) is 3.51. The minimum Gasteiger partial charge on any atom is -0.494 e. The molecule has 1 aromatic rings. The summed E-state index contributed by atoms with van der Waals surface area (Å²) in [4.78, 5) is 11.9. The Labute approximate surface area is 127 Å². The Morgan fingerprint density at radius 1 is 1.29 bits per heavy atom. The zero-order chi connectivity index (χ0) is 15.7. The van der Waals surface area contributed by atoms with Crippen molar-refractivity contribution in [1.82, 2.24) is 5.32 Å². The molecule has 0 heterocycles. The van der Waals surface area contributed by atoms with E-state index in [1.807, 2.05) is 38.1 Å². The summed E-state index contributed by atoms with van der Waals surface area (Å²) in [6.07, 6.45) is 2.45. The van der Waals surface area contributed by atoms with E-state index in [0.29, 0.717) is 13.0 Å². The largest absolute Gasteiger partial charge is 0.494 e. The van der Waals surface area contributed by atoms with E-state index in [1.54, 1.807) is 0 Å². The number of aryl methyl sites for hydroxylation is 1. The van der Waals surface area contributed by atoms with Crippen LogP contribution in [-0.2, 0) is 9.53 Å². The van der Waals surface area contributed by atoms with Crippen molar-refractivity contribution in [1.29, 1.82) is 0 Å². The summed E-state index contributed by atoms with van der Waals surface area (Å²) < 4.78 is 10.6. The highest BCUT2D eigenvalue weighted by Crippen LogP contribution is 2.16. The predicted octanol–water partition coefficient (Wildman–Crippen LogP) is 3.09. The Hall–Kier alpha value is -1.55. The van der Waals surface area contributed by atoms with Gasteiger partial charge in [0.25, 0.3) is 0 Å². The molecule has 0 spiro atoms. The second-order valence-electron chi connectivity index (χ2n) is 5.52. The van der Waals surface area contributed by atoms with Crippen LogP contribution in [-0.4, -0.2) is 31.8 Å². The van der Waals surface area contributed by atoms with Gasteiger partial charge in [0.1, 0.15) is 11.3 Å².